The van der Waals surface area contributed by atoms with Crippen LogP contribution in [0.1, 0.15) is 67.6 Å². The number of hydrogen-bond acceptors (Lipinski definition) is 2. The molecule has 28 heavy (non-hydrogen) atoms. The molecule has 2 nitrogen and oxygen atoms in total. The topological polar surface area (TPSA) is 32.6 Å². The minimum Gasteiger partial charge on any atom is -0.507 e. The summed E-state index contributed by atoms with van der Waals surface area (Å²) in [5.74, 6) is 0.872. The second kappa shape index (κ2) is 8.60. The lowest BCUT2D eigenvalue weighted by Gasteiger charge is -2.22. The minimum absolute atomic E-state index is 0.281. The predicted molar refractivity (Wildman–Crippen MR) is 119 cm³/mol. The number of nitrogens with zero attached hydrogens (tertiary/aromatic N) is 1. The van der Waals surface area contributed by atoms with Gasteiger partial charge in [-0.2, -0.15) is 0 Å². The molecule has 0 bridgehead atoms. The number of rotatable bonds is 3. The van der Waals surface area contributed by atoms with E-state index in [1.807, 2.05) is 30.5 Å². The molecular formula is C26H29NO. The summed E-state index contributed by atoms with van der Waals surface area (Å²) in [6.07, 6.45) is 11.1. The average molecular weight is 372 g/mol. The number of benzene rings is 3. The van der Waals surface area contributed by atoms with Crippen molar-refractivity contribution < 1.29 is 5.11 Å². The van der Waals surface area contributed by atoms with Gasteiger partial charge in [-0.1, -0.05) is 80.6 Å². The zero-order chi connectivity index (χ0) is 19.3. The fourth-order valence-corrected chi connectivity index (χ4v) is 4.50. The van der Waals surface area contributed by atoms with E-state index in [2.05, 4.69) is 31.2 Å². The Bertz CT molecular complexity index is 981. The van der Waals surface area contributed by atoms with Crippen LogP contribution in [-0.4, -0.2) is 11.3 Å². The Balaban J connectivity index is 1.73. The maximum absolute atomic E-state index is 10.5. The van der Waals surface area contributed by atoms with Gasteiger partial charge in [0.2, 0.25) is 0 Å². The van der Waals surface area contributed by atoms with Gasteiger partial charge in [-0.15, -0.1) is 0 Å². The highest BCUT2D eigenvalue weighted by Crippen LogP contribution is 2.38. The molecule has 1 saturated carbocycles. The molecule has 0 heterocycles. The minimum atomic E-state index is 0.281. The lowest BCUT2D eigenvalue weighted by Crippen LogP contribution is -2.03. The van der Waals surface area contributed by atoms with Gasteiger partial charge in [-0.3, -0.25) is 4.99 Å². The molecule has 4 rings (SSSR count). The Morgan fingerprint density at radius 2 is 1.61 bits per heavy atom. The molecule has 0 radical (unpaired) electrons. The van der Waals surface area contributed by atoms with Crippen LogP contribution in [0.2, 0.25) is 0 Å². The molecule has 3 aromatic carbocycles. The van der Waals surface area contributed by atoms with Gasteiger partial charge < -0.3 is 5.11 Å². The third-order valence-electron chi connectivity index (χ3n) is 6.08. The Morgan fingerprint density at radius 3 is 2.43 bits per heavy atom. The first-order chi connectivity index (χ1) is 13.7. The fourth-order valence-electron chi connectivity index (χ4n) is 4.50. The molecule has 2 heteroatoms. The van der Waals surface area contributed by atoms with Crippen molar-refractivity contribution in [1.82, 2.24) is 0 Å². The molecule has 3 aromatic rings. The zero-order valence-electron chi connectivity index (χ0n) is 16.7. The van der Waals surface area contributed by atoms with Crippen molar-refractivity contribution >= 4 is 22.7 Å². The van der Waals surface area contributed by atoms with E-state index in [1.165, 1.54) is 56.1 Å². The summed E-state index contributed by atoms with van der Waals surface area (Å²) in [6.45, 7) is 2.14. The SMILES string of the molecule is Cc1cccc(C2CCCCCCC2)c1N=Cc1c(O)ccc2ccccc12. The molecule has 1 fully saturated rings. The highest BCUT2D eigenvalue weighted by molar-refractivity contribution is 6.03. The Labute approximate surface area is 168 Å². The summed E-state index contributed by atoms with van der Waals surface area (Å²) in [7, 11) is 0. The van der Waals surface area contributed by atoms with Crippen LogP contribution in [0, 0.1) is 6.92 Å². The van der Waals surface area contributed by atoms with Crippen LogP contribution >= 0.6 is 0 Å². The molecule has 0 saturated heterocycles. The maximum Gasteiger partial charge on any atom is 0.124 e. The molecule has 0 atom stereocenters. The van der Waals surface area contributed by atoms with E-state index < -0.39 is 0 Å². The Kier molecular flexibility index (Phi) is 5.76. The number of aryl methyl sites for hydroxylation is 1. The highest BCUT2D eigenvalue weighted by atomic mass is 16.3. The van der Waals surface area contributed by atoms with E-state index in [-0.39, 0.29) is 5.75 Å². The average Bonchev–Trinajstić information content (AvgIpc) is 2.68. The number of phenolic OH excluding ortho intramolecular Hbond substituents is 1. The van der Waals surface area contributed by atoms with Crippen molar-refractivity contribution in [3.63, 3.8) is 0 Å². The smallest absolute Gasteiger partial charge is 0.124 e. The van der Waals surface area contributed by atoms with E-state index in [0.29, 0.717) is 5.92 Å². The van der Waals surface area contributed by atoms with Crippen LogP contribution in [0.5, 0.6) is 5.75 Å². The van der Waals surface area contributed by atoms with E-state index in [9.17, 15) is 5.11 Å². The van der Waals surface area contributed by atoms with Crippen LogP contribution in [-0.2, 0) is 0 Å². The van der Waals surface area contributed by atoms with Crippen LogP contribution in [0.4, 0.5) is 5.69 Å². The van der Waals surface area contributed by atoms with Gasteiger partial charge in [0.15, 0.2) is 0 Å². The first-order valence-corrected chi connectivity index (χ1v) is 10.6. The molecule has 0 aliphatic heterocycles. The quantitative estimate of drug-likeness (QED) is 0.477. The molecular weight excluding hydrogens is 342 g/mol. The maximum atomic E-state index is 10.5. The largest absolute Gasteiger partial charge is 0.507 e. The summed E-state index contributed by atoms with van der Waals surface area (Å²) in [5, 5.41) is 12.6. The zero-order valence-corrected chi connectivity index (χ0v) is 16.7. The molecule has 0 unspecified atom stereocenters. The first-order valence-electron chi connectivity index (χ1n) is 10.6. The molecule has 1 aliphatic rings. The van der Waals surface area contributed by atoms with E-state index in [0.717, 1.165) is 22.0 Å². The monoisotopic (exact) mass is 371 g/mol. The van der Waals surface area contributed by atoms with Gasteiger partial charge in [0, 0.05) is 11.8 Å². The molecule has 0 aromatic heterocycles. The van der Waals surface area contributed by atoms with E-state index in [1.54, 1.807) is 6.07 Å². The van der Waals surface area contributed by atoms with Crippen molar-refractivity contribution in [2.75, 3.05) is 0 Å². The molecule has 1 N–H and O–H groups in total. The van der Waals surface area contributed by atoms with Crippen LogP contribution in [0.15, 0.2) is 59.6 Å². The number of fused-ring (bicyclic) bond motifs is 1. The highest BCUT2D eigenvalue weighted by Gasteiger charge is 2.17. The second-order valence-corrected chi connectivity index (χ2v) is 8.03. The van der Waals surface area contributed by atoms with E-state index >= 15 is 0 Å². The predicted octanol–water partition coefficient (Wildman–Crippen LogP) is 7.43. The number of aromatic hydroxyl groups is 1. The summed E-state index contributed by atoms with van der Waals surface area (Å²) in [4.78, 5) is 4.93. The van der Waals surface area contributed by atoms with Gasteiger partial charge in [-0.25, -0.2) is 0 Å². The standard InChI is InChI=1S/C26H29NO/c1-19-10-9-15-23(20-11-5-3-2-4-6-12-20)26(19)27-18-24-22-14-8-7-13-21(22)16-17-25(24)28/h7-10,13-18,20,28H,2-6,11-12H2,1H3. The summed E-state index contributed by atoms with van der Waals surface area (Å²) in [6, 6.07) is 18.4. The fraction of sp³-hybridized carbons (Fsp3) is 0.346. The Morgan fingerprint density at radius 1 is 0.857 bits per heavy atom. The van der Waals surface area contributed by atoms with Crippen molar-refractivity contribution in [2.24, 2.45) is 4.99 Å². The van der Waals surface area contributed by atoms with Crippen molar-refractivity contribution in [1.29, 1.82) is 0 Å². The third kappa shape index (κ3) is 3.96. The number of para-hydroxylation sites is 1. The summed E-state index contributed by atoms with van der Waals surface area (Å²) < 4.78 is 0. The Hall–Kier alpha value is -2.61. The number of phenols is 1. The van der Waals surface area contributed by atoms with Crippen molar-refractivity contribution in [3.8, 4) is 5.75 Å². The van der Waals surface area contributed by atoms with E-state index in [4.69, 9.17) is 4.99 Å². The van der Waals surface area contributed by atoms with Crippen molar-refractivity contribution in [2.45, 2.75) is 57.8 Å². The molecule has 1 aliphatic carbocycles. The summed E-state index contributed by atoms with van der Waals surface area (Å²) >= 11 is 0. The molecule has 0 amide bonds. The van der Waals surface area contributed by atoms with Gasteiger partial charge in [0.25, 0.3) is 0 Å². The molecule has 0 spiro atoms. The van der Waals surface area contributed by atoms with Gasteiger partial charge in [-0.05, 0) is 53.6 Å². The van der Waals surface area contributed by atoms with Crippen LogP contribution < -0.4 is 0 Å². The van der Waals surface area contributed by atoms with Gasteiger partial charge in [0.05, 0.1) is 5.69 Å². The number of hydrogen-bond donors (Lipinski definition) is 1. The van der Waals surface area contributed by atoms with Gasteiger partial charge >= 0.3 is 0 Å². The lowest BCUT2D eigenvalue weighted by atomic mass is 9.84. The normalized spacial score (nSPS) is 16.3. The van der Waals surface area contributed by atoms with Gasteiger partial charge in [0.1, 0.15) is 5.75 Å². The van der Waals surface area contributed by atoms with Crippen molar-refractivity contribution in [3.05, 3.63) is 71.3 Å². The summed E-state index contributed by atoms with van der Waals surface area (Å²) in [5.41, 5.74) is 4.46. The van der Waals surface area contributed by atoms with Crippen LogP contribution in [0.25, 0.3) is 10.8 Å². The lowest BCUT2D eigenvalue weighted by molar-refractivity contribution is 0.456. The third-order valence-corrected chi connectivity index (χ3v) is 6.08. The number of aliphatic imine (C=N–C) groups is 1. The molecule has 144 valence electrons. The van der Waals surface area contributed by atoms with Crippen LogP contribution in [0.3, 0.4) is 0 Å². The second-order valence-electron chi connectivity index (χ2n) is 8.03. The first kappa shape index (κ1) is 18.7.